The molecule has 0 spiro atoms. The molecule has 0 atom stereocenters. The average Bonchev–Trinajstić information content (AvgIpc) is 2.39. The lowest BCUT2D eigenvalue weighted by molar-refractivity contribution is -0.865. The van der Waals surface area contributed by atoms with Crippen LogP contribution in [0.4, 0.5) is 0 Å². The maximum absolute atomic E-state index is 5.55. The number of quaternary nitrogens is 1. The molecule has 1 rings (SSSR count). The molecule has 1 aliphatic rings. The van der Waals surface area contributed by atoms with E-state index in [1.54, 1.807) is 5.54 Å². The zero-order chi connectivity index (χ0) is 7.45. The Kier molecular flexibility index (Phi) is 5.40. The summed E-state index contributed by atoms with van der Waals surface area (Å²) in [7, 11) is 0. The van der Waals surface area contributed by atoms with Gasteiger partial charge in [-0.05, 0) is 6.92 Å². The van der Waals surface area contributed by atoms with Crippen LogP contribution in [0.15, 0.2) is 11.7 Å². The lowest BCUT2D eigenvalue weighted by Gasteiger charge is -2.27. The Balaban J connectivity index is 0.000001000. The van der Waals surface area contributed by atoms with Gasteiger partial charge in [-0.1, -0.05) is 11.6 Å². The van der Waals surface area contributed by atoms with Crippen molar-refractivity contribution in [2.75, 3.05) is 19.6 Å². The van der Waals surface area contributed by atoms with E-state index >= 15 is 0 Å². The molecule has 11 heavy (non-hydrogen) atoms. The molecule has 0 aliphatic carbocycles. The molecule has 1 fully saturated rings. The number of rotatable bonds is 2. The first-order valence-electron chi connectivity index (χ1n) is 3.97. The SMILES string of the molecule is CC[N+]1(C=CCl)CCCC1.[Br-]. The fourth-order valence-corrected chi connectivity index (χ4v) is 1.89. The Bertz CT molecular complexity index is 130. The van der Waals surface area contributed by atoms with Gasteiger partial charge in [0, 0.05) is 12.8 Å². The predicted octanol–water partition coefficient (Wildman–Crippen LogP) is -0.669. The molecule has 0 saturated carbocycles. The highest BCUT2D eigenvalue weighted by Crippen LogP contribution is 2.19. The van der Waals surface area contributed by atoms with Crippen molar-refractivity contribution in [1.82, 2.24) is 0 Å². The van der Waals surface area contributed by atoms with Gasteiger partial charge in [-0.15, -0.1) is 0 Å². The molecule has 0 N–H and O–H groups in total. The van der Waals surface area contributed by atoms with Crippen LogP contribution in [0.5, 0.6) is 0 Å². The number of nitrogens with zero attached hydrogens (tertiary/aromatic N) is 1. The fraction of sp³-hybridized carbons (Fsp3) is 0.750. The zero-order valence-corrected chi connectivity index (χ0v) is 9.24. The predicted molar refractivity (Wildman–Crippen MR) is 44.8 cm³/mol. The van der Waals surface area contributed by atoms with Crippen molar-refractivity contribution in [3.8, 4) is 0 Å². The first-order chi connectivity index (χ1) is 4.83. The van der Waals surface area contributed by atoms with Crippen LogP contribution >= 0.6 is 11.6 Å². The van der Waals surface area contributed by atoms with E-state index in [-0.39, 0.29) is 17.0 Å². The Labute approximate surface area is 84.4 Å². The van der Waals surface area contributed by atoms with Crippen LogP contribution in [0.3, 0.4) is 0 Å². The number of likely N-dealkylation sites (tertiary alicyclic amines) is 1. The maximum atomic E-state index is 5.55. The second kappa shape index (κ2) is 5.18. The summed E-state index contributed by atoms with van der Waals surface area (Å²) in [5, 5.41) is 0. The Hall–Kier alpha value is 0.470. The first-order valence-corrected chi connectivity index (χ1v) is 4.40. The zero-order valence-electron chi connectivity index (χ0n) is 6.89. The van der Waals surface area contributed by atoms with Crippen LogP contribution in [0, 0.1) is 0 Å². The molecule has 1 aliphatic heterocycles. The van der Waals surface area contributed by atoms with Crippen molar-refractivity contribution in [1.29, 1.82) is 0 Å². The average molecular weight is 241 g/mol. The topological polar surface area (TPSA) is 0 Å². The quantitative estimate of drug-likeness (QED) is 0.562. The second-order valence-corrected chi connectivity index (χ2v) is 3.22. The van der Waals surface area contributed by atoms with Crippen molar-refractivity contribution in [2.45, 2.75) is 19.8 Å². The van der Waals surface area contributed by atoms with Gasteiger partial charge in [0.15, 0.2) is 0 Å². The third-order valence-corrected chi connectivity index (χ3v) is 2.57. The largest absolute Gasteiger partial charge is 1.00 e. The lowest BCUT2D eigenvalue weighted by atomic mass is 10.4. The van der Waals surface area contributed by atoms with Crippen molar-refractivity contribution in [3.05, 3.63) is 11.7 Å². The van der Waals surface area contributed by atoms with Crippen LogP contribution in [-0.2, 0) is 0 Å². The number of hydrogen-bond acceptors (Lipinski definition) is 0. The normalized spacial score (nSPS) is 22.0. The minimum Gasteiger partial charge on any atom is -1.00 e. The summed E-state index contributed by atoms with van der Waals surface area (Å²) < 4.78 is 1.10. The molecule has 1 heterocycles. The molecule has 0 radical (unpaired) electrons. The highest BCUT2D eigenvalue weighted by atomic mass is 79.9. The van der Waals surface area contributed by atoms with Crippen LogP contribution in [0.2, 0.25) is 0 Å². The summed E-state index contributed by atoms with van der Waals surface area (Å²) in [6, 6.07) is 0. The molecule has 0 amide bonds. The highest BCUT2D eigenvalue weighted by Gasteiger charge is 2.26. The number of hydrogen-bond donors (Lipinski definition) is 0. The van der Waals surface area contributed by atoms with Gasteiger partial charge in [-0.25, -0.2) is 0 Å². The first kappa shape index (κ1) is 11.5. The van der Waals surface area contributed by atoms with Gasteiger partial charge in [0.05, 0.1) is 25.2 Å². The van der Waals surface area contributed by atoms with E-state index in [0.717, 1.165) is 4.48 Å². The van der Waals surface area contributed by atoms with E-state index in [9.17, 15) is 0 Å². The van der Waals surface area contributed by atoms with E-state index < -0.39 is 0 Å². The summed E-state index contributed by atoms with van der Waals surface area (Å²) in [5.41, 5.74) is 1.66. The molecule has 1 saturated heterocycles. The monoisotopic (exact) mass is 239 g/mol. The van der Waals surface area contributed by atoms with E-state index in [4.69, 9.17) is 11.6 Å². The van der Waals surface area contributed by atoms with E-state index in [1.165, 1.54) is 32.5 Å². The third kappa shape index (κ3) is 2.77. The Morgan fingerprint density at radius 2 is 1.91 bits per heavy atom. The molecular weight excluding hydrogens is 225 g/mol. The third-order valence-electron chi connectivity index (χ3n) is 2.46. The molecule has 0 aromatic heterocycles. The molecule has 0 aromatic rings. The maximum Gasteiger partial charge on any atom is 0.107 e. The molecule has 1 nitrogen and oxygen atoms in total. The lowest BCUT2D eigenvalue weighted by Crippen LogP contribution is -3.00. The Morgan fingerprint density at radius 3 is 2.27 bits per heavy atom. The van der Waals surface area contributed by atoms with Crippen LogP contribution < -0.4 is 17.0 Å². The van der Waals surface area contributed by atoms with E-state index in [2.05, 4.69) is 13.1 Å². The summed E-state index contributed by atoms with van der Waals surface area (Å²) in [5.74, 6) is 0. The van der Waals surface area contributed by atoms with Crippen molar-refractivity contribution in [2.24, 2.45) is 0 Å². The van der Waals surface area contributed by atoms with Crippen molar-refractivity contribution >= 4 is 11.6 Å². The second-order valence-electron chi connectivity index (χ2n) is 2.96. The minimum atomic E-state index is 0. The van der Waals surface area contributed by atoms with Gasteiger partial charge in [0.2, 0.25) is 0 Å². The van der Waals surface area contributed by atoms with Crippen LogP contribution in [0.25, 0.3) is 0 Å². The van der Waals surface area contributed by atoms with Crippen LogP contribution in [0.1, 0.15) is 19.8 Å². The molecule has 0 aromatic carbocycles. The molecule has 0 unspecified atom stereocenters. The number of halogens is 2. The van der Waals surface area contributed by atoms with Gasteiger partial charge in [-0.2, -0.15) is 0 Å². The van der Waals surface area contributed by atoms with Crippen molar-refractivity contribution in [3.63, 3.8) is 0 Å². The van der Waals surface area contributed by atoms with Gasteiger partial charge < -0.3 is 17.0 Å². The minimum absolute atomic E-state index is 0. The standard InChI is InChI=1S/C8H15ClN.BrH/c1-2-10(8-5-9)6-3-4-7-10;/h5,8H,2-4,6-7H2,1H3;1H/q+1;/p-1. The molecule has 0 bridgehead atoms. The Morgan fingerprint density at radius 1 is 1.36 bits per heavy atom. The van der Waals surface area contributed by atoms with E-state index in [0.29, 0.717) is 0 Å². The molecule has 3 heteroatoms. The fourth-order valence-electron chi connectivity index (χ4n) is 1.66. The van der Waals surface area contributed by atoms with Crippen LogP contribution in [-0.4, -0.2) is 24.1 Å². The summed E-state index contributed by atoms with van der Waals surface area (Å²) >= 11 is 5.55. The van der Waals surface area contributed by atoms with Gasteiger partial charge in [0.25, 0.3) is 0 Å². The van der Waals surface area contributed by atoms with Crippen molar-refractivity contribution < 1.29 is 21.5 Å². The smallest absolute Gasteiger partial charge is 0.107 e. The summed E-state index contributed by atoms with van der Waals surface area (Å²) in [6.45, 7) is 5.96. The molecular formula is C8H15BrClN. The molecule has 66 valence electrons. The van der Waals surface area contributed by atoms with Gasteiger partial charge in [-0.3, -0.25) is 4.48 Å². The highest BCUT2D eigenvalue weighted by molar-refractivity contribution is 6.25. The van der Waals surface area contributed by atoms with Gasteiger partial charge >= 0.3 is 0 Å². The summed E-state index contributed by atoms with van der Waals surface area (Å²) in [4.78, 5) is 0. The van der Waals surface area contributed by atoms with Gasteiger partial charge in [0.1, 0.15) is 6.20 Å². The summed E-state index contributed by atoms with van der Waals surface area (Å²) in [6.07, 6.45) is 4.83. The van der Waals surface area contributed by atoms with E-state index in [1.807, 2.05) is 0 Å².